The fourth-order valence-electron chi connectivity index (χ4n) is 4.44. The Balaban J connectivity index is 1.45. The molecule has 4 aromatic rings. The van der Waals surface area contributed by atoms with Gasteiger partial charge in [-0.3, -0.25) is 9.59 Å². The maximum Gasteiger partial charge on any atom is 0.290 e. The summed E-state index contributed by atoms with van der Waals surface area (Å²) in [7, 11) is 3.13. The molecule has 0 spiro atoms. The third kappa shape index (κ3) is 4.84. The highest BCUT2D eigenvalue weighted by molar-refractivity contribution is 9.10. The summed E-state index contributed by atoms with van der Waals surface area (Å²) in [6.07, 6.45) is 0. The monoisotopic (exact) mass is 577 g/mol. The van der Waals surface area contributed by atoms with Crippen molar-refractivity contribution in [3.05, 3.63) is 99.9 Å². The first-order valence-electron chi connectivity index (χ1n) is 11.8. The number of ketones is 1. The highest BCUT2D eigenvalue weighted by Crippen LogP contribution is 2.40. The van der Waals surface area contributed by atoms with Crippen LogP contribution in [0.1, 0.15) is 22.2 Å². The van der Waals surface area contributed by atoms with Crippen molar-refractivity contribution in [1.29, 1.82) is 0 Å². The van der Waals surface area contributed by atoms with Crippen LogP contribution in [-0.2, 0) is 4.79 Å². The number of fused-ring (bicyclic) bond motifs is 1. The van der Waals surface area contributed by atoms with Gasteiger partial charge >= 0.3 is 0 Å². The summed E-state index contributed by atoms with van der Waals surface area (Å²) in [5.41, 5.74) is 1.10. The predicted octanol–water partition coefficient (Wildman–Crippen LogP) is 5.87. The van der Waals surface area contributed by atoms with Crippen molar-refractivity contribution in [2.24, 2.45) is 0 Å². The van der Waals surface area contributed by atoms with E-state index in [1.807, 2.05) is 6.07 Å². The molecule has 3 aromatic carbocycles. The number of hydrogen-bond donors (Lipinski definition) is 1. The zero-order valence-electron chi connectivity index (χ0n) is 20.6. The van der Waals surface area contributed by atoms with Crippen LogP contribution in [0.2, 0.25) is 0 Å². The maximum atomic E-state index is 13.7. The number of carbonyl (C=O) groups excluding carboxylic acids is 2. The average molecular weight is 578 g/mol. The first kappa shape index (κ1) is 25.4. The normalized spacial score (nSPS) is 15.3. The summed E-state index contributed by atoms with van der Waals surface area (Å²) in [5.74, 6) is 0.108. The lowest BCUT2D eigenvalue weighted by Crippen LogP contribution is -2.34. The van der Waals surface area contributed by atoms with Gasteiger partial charge in [-0.1, -0.05) is 28.1 Å². The highest BCUT2D eigenvalue weighted by Gasteiger charge is 2.44. The summed E-state index contributed by atoms with van der Waals surface area (Å²) in [5, 5.41) is 11.6. The molecule has 1 atom stereocenters. The Kier molecular flexibility index (Phi) is 7.11. The van der Waals surface area contributed by atoms with Gasteiger partial charge in [0.2, 0.25) is 5.78 Å². The summed E-state index contributed by atoms with van der Waals surface area (Å²) in [6.45, 7) is 0.258. The molecule has 1 amide bonds. The number of carbonyl (C=O) groups is 2. The molecular weight excluding hydrogens is 554 g/mol. The van der Waals surface area contributed by atoms with Crippen molar-refractivity contribution in [2.75, 3.05) is 27.4 Å². The second kappa shape index (κ2) is 10.6. The number of benzene rings is 3. The molecule has 0 aliphatic carbocycles. The molecule has 8 nitrogen and oxygen atoms in total. The lowest BCUT2D eigenvalue weighted by molar-refractivity contribution is -0.129. The smallest absolute Gasteiger partial charge is 0.290 e. The summed E-state index contributed by atoms with van der Waals surface area (Å²) in [6, 6.07) is 20.2. The zero-order chi connectivity index (χ0) is 26.8. The number of hydrogen-bond acceptors (Lipinski definition) is 7. The second-order valence-electron chi connectivity index (χ2n) is 8.58. The van der Waals surface area contributed by atoms with Crippen LogP contribution in [0, 0.1) is 0 Å². The molecule has 0 saturated heterocycles. The molecule has 1 aliphatic heterocycles. The molecule has 1 unspecified atom stereocenters. The molecular formula is C29H24BrNO7. The van der Waals surface area contributed by atoms with Crippen molar-refractivity contribution < 1.29 is 33.3 Å². The van der Waals surface area contributed by atoms with Crippen LogP contribution in [0.3, 0.4) is 0 Å². The van der Waals surface area contributed by atoms with Crippen LogP contribution in [0.15, 0.2) is 93.0 Å². The van der Waals surface area contributed by atoms with Crippen LogP contribution in [0.25, 0.3) is 11.0 Å². The van der Waals surface area contributed by atoms with Crippen LogP contribution in [-0.4, -0.2) is 49.1 Å². The number of nitrogens with zero attached hydrogens (tertiary/aromatic N) is 1. The molecule has 0 saturated carbocycles. The molecule has 0 fully saturated rings. The van der Waals surface area contributed by atoms with Crippen LogP contribution in [0.4, 0.5) is 0 Å². The molecule has 9 heteroatoms. The predicted molar refractivity (Wildman–Crippen MR) is 144 cm³/mol. The minimum atomic E-state index is -0.847. The molecule has 0 radical (unpaired) electrons. The average Bonchev–Trinajstić information content (AvgIpc) is 3.47. The van der Waals surface area contributed by atoms with Gasteiger partial charge in [0.1, 0.15) is 29.4 Å². The van der Waals surface area contributed by atoms with Crippen molar-refractivity contribution >= 4 is 38.6 Å². The summed E-state index contributed by atoms with van der Waals surface area (Å²) >= 11 is 3.41. The minimum absolute atomic E-state index is 0.0299. The van der Waals surface area contributed by atoms with Gasteiger partial charge in [0.05, 0.1) is 32.4 Å². The number of halogens is 1. The number of aliphatic hydroxyl groups excluding tert-OH is 1. The number of furan rings is 1. The van der Waals surface area contributed by atoms with Gasteiger partial charge in [-0.15, -0.1) is 0 Å². The van der Waals surface area contributed by atoms with Crippen LogP contribution < -0.4 is 14.2 Å². The Morgan fingerprint density at radius 3 is 2.24 bits per heavy atom. The number of aliphatic hydroxyl groups is 1. The van der Waals surface area contributed by atoms with Gasteiger partial charge < -0.3 is 28.6 Å². The first-order valence-corrected chi connectivity index (χ1v) is 12.6. The van der Waals surface area contributed by atoms with Crippen LogP contribution >= 0.6 is 15.9 Å². The number of rotatable bonds is 9. The molecule has 38 heavy (non-hydrogen) atoms. The Hall–Kier alpha value is -4.24. The van der Waals surface area contributed by atoms with E-state index in [1.165, 1.54) is 4.90 Å². The largest absolute Gasteiger partial charge is 0.503 e. The SMILES string of the molecule is COc1ccc(OCCN2C(=O)C(O)=C(C(=O)c3cc4cc(Br)ccc4o3)C2c2ccc(OC)cc2)cc1. The van der Waals surface area contributed by atoms with Gasteiger partial charge in [0, 0.05) is 9.86 Å². The van der Waals surface area contributed by atoms with E-state index in [0.29, 0.717) is 28.4 Å². The zero-order valence-corrected chi connectivity index (χ0v) is 22.2. The van der Waals surface area contributed by atoms with Crippen molar-refractivity contribution in [1.82, 2.24) is 4.90 Å². The number of amides is 1. The quantitative estimate of drug-likeness (QED) is 0.248. The first-order chi connectivity index (χ1) is 18.4. The molecule has 5 rings (SSSR count). The second-order valence-corrected chi connectivity index (χ2v) is 9.50. The Morgan fingerprint density at radius 2 is 1.58 bits per heavy atom. The molecule has 1 aromatic heterocycles. The van der Waals surface area contributed by atoms with E-state index in [1.54, 1.807) is 80.9 Å². The summed E-state index contributed by atoms with van der Waals surface area (Å²) in [4.78, 5) is 28.4. The van der Waals surface area contributed by atoms with Gasteiger partial charge in [0.15, 0.2) is 11.5 Å². The van der Waals surface area contributed by atoms with Gasteiger partial charge in [-0.05, 0) is 66.2 Å². The van der Waals surface area contributed by atoms with E-state index >= 15 is 0 Å². The Bertz CT molecular complexity index is 1520. The van der Waals surface area contributed by atoms with E-state index in [0.717, 1.165) is 9.86 Å². The number of ether oxygens (including phenoxy) is 3. The third-order valence-corrected chi connectivity index (χ3v) is 6.84. The minimum Gasteiger partial charge on any atom is -0.503 e. The van der Waals surface area contributed by atoms with E-state index in [4.69, 9.17) is 18.6 Å². The Morgan fingerprint density at radius 1 is 0.947 bits per heavy atom. The van der Waals surface area contributed by atoms with Gasteiger partial charge in [-0.25, -0.2) is 0 Å². The fourth-order valence-corrected chi connectivity index (χ4v) is 4.82. The van der Waals surface area contributed by atoms with Crippen molar-refractivity contribution in [2.45, 2.75) is 6.04 Å². The topological polar surface area (TPSA) is 98.4 Å². The molecule has 194 valence electrons. The van der Waals surface area contributed by atoms with E-state index < -0.39 is 23.5 Å². The van der Waals surface area contributed by atoms with Gasteiger partial charge in [-0.2, -0.15) is 0 Å². The summed E-state index contributed by atoms with van der Waals surface area (Å²) < 4.78 is 22.9. The molecule has 1 N–H and O–H groups in total. The van der Waals surface area contributed by atoms with E-state index in [2.05, 4.69) is 15.9 Å². The molecule has 2 heterocycles. The van der Waals surface area contributed by atoms with Gasteiger partial charge in [0.25, 0.3) is 5.91 Å². The molecule has 1 aliphatic rings. The fraction of sp³-hybridized carbons (Fsp3) is 0.172. The van der Waals surface area contributed by atoms with Crippen LogP contribution in [0.5, 0.6) is 17.2 Å². The standard InChI is InChI=1S/C29H24BrNO7/c1-35-20-6-3-17(4-7-20)26-25(27(32)24-16-18-15-19(30)5-12-23(18)38-24)28(33)29(34)31(26)13-14-37-22-10-8-21(36-2)9-11-22/h3-12,15-16,26,33H,13-14H2,1-2H3. The van der Waals surface area contributed by atoms with E-state index in [-0.39, 0.29) is 24.5 Å². The number of Topliss-reactive ketones (excluding diaryl/α,β-unsaturated/α-hetero) is 1. The molecule has 0 bridgehead atoms. The van der Waals surface area contributed by atoms with Crippen molar-refractivity contribution in [3.8, 4) is 17.2 Å². The Labute approximate surface area is 227 Å². The third-order valence-electron chi connectivity index (χ3n) is 6.34. The van der Waals surface area contributed by atoms with Crippen molar-refractivity contribution in [3.63, 3.8) is 0 Å². The lowest BCUT2D eigenvalue weighted by Gasteiger charge is -2.26. The number of methoxy groups -OCH3 is 2. The highest BCUT2D eigenvalue weighted by atomic mass is 79.9. The maximum absolute atomic E-state index is 13.7. The van der Waals surface area contributed by atoms with E-state index in [9.17, 15) is 14.7 Å². The lowest BCUT2D eigenvalue weighted by atomic mass is 9.95.